The number of hydrogen-bond donors (Lipinski definition) is 1. The Morgan fingerprint density at radius 1 is 0.730 bits per heavy atom. The number of pyridine rings is 1. The number of amides is 1. The van der Waals surface area contributed by atoms with Crippen molar-refractivity contribution in [2.45, 2.75) is 12.4 Å². The van der Waals surface area contributed by atoms with Crippen molar-refractivity contribution in [3.8, 4) is 0 Å². The summed E-state index contributed by atoms with van der Waals surface area (Å²) in [6, 6.07) is 17.2. The summed E-state index contributed by atoms with van der Waals surface area (Å²) >= 11 is 0. The Labute approximate surface area is 207 Å². The standard InChI is InChI=1S/C28H18F6N2O/c29-27(30,31)20-13-9-18(10-14-20)22(19-11-15-21(16-12-19)28(32,33)34)4-1-8-26(37)36-25-7-2-6-24-23(25)5-3-17-35-24/h1-17H,(H,36,37)/b8-1+. The Bertz CT molecular complexity index is 1400. The highest BCUT2D eigenvalue weighted by atomic mass is 19.4. The minimum Gasteiger partial charge on any atom is -0.322 e. The number of nitrogens with one attached hydrogen (secondary N) is 1. The number of anilines is 1. The van der Waals surface area contributed by atoms with Crippen LogP contribution >= 0.6 is 0 Å². The molecular weight excluding hydrogens is 494 g/mol. The normalized spacial score (nSPS) is 12.1. The third-order valence-corrected chi connectivity index (χ3v) is 5.46. The van der Waals surface area contributed by atoms with Gasteiger partial charge in [0.05, 0.1) is 22.3 Å². The van der Waals surface area contributed by atoms with Gasteiger partial charge in [0, 0.05) is 17.7 Å². The third-order valence-electron chi connectivity index (χ3n) is 5.46. The maximum atomic E-state index is 13.0. The van der Waals surface area contributed by atoms with Gasteiger partial charge in [-0.25, -0.2) is 0 Å². The summed E-state index contributed by atoms with van der Waals surface area (Å²) in [5.74, 6) is -0.480. The van der Waals surface area contributed by atoms with Gasteiger partial charge >= 0.3 is 12.4 Å². The molecule has 37 heavy (non-hydrogen) atoms. The lowest BCUT2D eigenvalue weighted by atomic mass is 9.95. The van der Waals surface area contributed by atoms with Crippen LogP contribution in [0.2, 0.25) is 0 Å². The summed E-state index contributed by atoms with van der Waals surface area (Å²) in [5.41, 5.74) is 0.507. The molecule has 9 heteroatoms. The summed E-state index contributed by atoms with van der Waals surface area (Å²) in [5, 5.41) is 3.48. The second-order valence-corrected chi connectivity index (χ2v) is 7.95. The Morgan fingerprint density at radius 2 is 1.30 bits per heavy atom. The summed E-state index contributed by atoms with van der Waals surface area (Å²) < 4.78 is 77.9. The molecular formula is C28H18F6N2O. The highest BCUT2D eigenvalue weighted by molar-refractivity contribution is 6.05. The summed E-state index contributed by atoms with van der Waals surface area (Å²) in [6.45, 7) is 0. The van der Waals surface area contributed by atoms with Crippen molar-refractivity contribution in [3.05, 3.63) is 126 Å². The first-order valence-corrected chi connectivity index (χ1v) is 10.9. The van der Waals surface area contributed by atoms with Crippen molar-refractivity contribution in [2.24, 2.45) is 0 Å². The molecule has 0 radical (unpaired) electrons. The van der Waals surface area contributed by atoms with Crippen LogP contribution in [0.4, 0.5) is 32.0 Å². The van der Waals surface area contributed by atoms with E-state index in [-0.39, 0.29) is 0 Å². The molecule has 0 saturated heterocycles. The van der Waals surface area contributed by atoms with Gasteiger partial charge in [-0.3, -0.25) is 9.78 Å². The number of aromatic nitrogens is 1. The van der Waals surface area contributed by atoms with Crippen molar-refractivity contribution in [2.75, 3.05) is 5.32 Å². The van der Waals surface area contributed by atoms with E-state index in [1.807, 2.05) is 0 Å². The molecule has 188 valence electrons. The van der Waals surface area contributed by atoms with E-state index in [2.05, 4.69) is 10.3 Å². The van der Waals surface area contributed by atoms with Crippen molar-refractivity contribution >= 4 is 28.1 Å². The third kappa shape index (κ3) is 6.24. The monoisotopic (exact) mass is 512 g/mol. The van der Waals surface area contributed by atoms with Gasteiger partial charge < -0.3 is 5.32 Å². The number of rotatable bonds is 5. The molecule has 0 atom stereocenters. The number of hydrogen-bond acceptors (Lipinski definition) is 2. The van der Waals surface area contributed by atoms with E-state index in [1.165, 1.54) is 42.5 Å². The second-order valence-electron chi connectivity index (χ2n) is 7.95. The van der Waals surface area contributed by atoms with Crippen LogP contribution in [0.5, 0.6) is 0 Å². The van der Waals surface area contributed by atoms with E-state index in [0.29, 0.717) is 27.9 Å². The Balaban J connectivity index is 1.63. The number of allylic oxidation sites excluding steroid dienone is 2. The lowest BCUT2D eigenvalue weighted by Gasteiger charge is -2.12. The van der Waals surface area contributed by atoms with Crippen LogP contribution < -0.4 is 5.32 Å². The molecule has 0 bridgehead atoms. The van der Waals surface area contributed by atoms with E-state index in [1.54, 1.807) is 36.5 Å². The van der Waals surface area contributed by atoms with Gasteiger partial charge in [-0.15, -0.1) is 0 Å². The zero-order chi connectivity index (χ0) is 26.6. The zero-order valence-electron chi connectivity index (χ0n) is 18.9. The lowest BCUT2D eigenvalue weighted by Crippen LogP contribution is -2.08. The molecule has 1 heterocycles. The fraction of sp³-hybridized carbons (Fsp3) is 0.0714. The van der Waals surface area contributed by atoms with Gasteiger partial charge in [0.15, 0.2) is 0 Å². The molecule has 3 aromatic carbocycles. The first-order chi connectivity index (χ1) is 17.5. The lowest BCUT2D eigenvalue weighted by molar-refractivity contribution is -0.138. The van der Waals surface area contributed by atoms with Crippen LogP contribution in [0.3, 0.4) is 0 Å². The summed E-state index contributed by atoms with van der Waals surface area (Å²) in [6.07, 6.45) is -3.40. The van der Waals surface area contributed by atoms with Gasteiger partial charge in [0.1, 0.15) is 0 Å². The summed E-state index contributed by atoms with van der Waals surface area (Å²) in [4.78, 5) is 16.7. The van der Waals surface area contributed by atoms with E-state index in [9.17, 15) is 31.1 Å². The first-order valence-electron chi connectivity index (χ1n) is 10.9. The zero-order valence-corrected chi connectivity index (χ0v) is 18.9. The predicted molar refractivity (Wildman–Crippen MR) is 129 cm³/mol. The van der Waals surface area contributed by atoms with Crippen molar-refractivity contribution in [1.29, 1.82) is 0 Å². The highest BCUT2D eigenvalue weighted by Gasteiger charge is 2.31. The molecule has 1 amide bonds. The van der Waals surface area contributed by atoms with Crippen molar-refractivity contribution in [3.63, 3.8) is 0 Å². The van der Waals surface area contributed by atoms with Crippen LogP contribution in [0, 0.1) is 0 Å². The summed E-state index contributed by atoms with van der Waals surface area (Å²) in [7, 11) is 0. The highest BCUT2D eigenvalue weighted by Crippen LogP contribution is 2.33. The van der Waals surface area contributed by atoms with Crippen LogP contribution in [0.1, 0.15) is 22.3 Å². The number of nitrogens with zero attached hydrogens (tertiary/aromatic N) is 1. The molecule has 0 aliphatic carbocycles. The SMILES string of the molecule is O=C(/C=C/C=C(c1ccc(C(F)(F)F)cc1)c1ccc(C(F)(F)F)cc1)Nc1cccc2ncccc12. The number of carbonyl (C=O) groups excluding carboxylic acids is 1. The van der Waals surface area contributed by atoms with Crippen LogP contribution in [-0.2, 0) is 17.1 Å². The molecule has 4 aromatic rings. The fourth-order valence-electron chi connectivity index (χ4n) is 3.66. The number of benzene rings is 3. The van der Waals surface area contributed by atoms with Gasteiger partial charge in [-0.05, 0) is 65.2 Å². The molecule has 1 aromatic heterocycles. The molecule has 0 saturated carbocycles. The Morgan fingerprint density at radius 3 is 1.84 bits per heavy atom. The number of fused-ring (bicyclic) bond motifs is 1. The molecule has 0 aliphatic rings. The number of halogens is 6. The molecule has 4 rings (SSSR count). The van der Waals surface area contributed by atoms with Gasteiger partial charge in [-0.1, -0.05) is 42.5 Å². The topological polar surface area (TPSA) is 42.0 Å². The minimum atomic E-state index is -4.54. The maximum absolute atomic E-state index is 13.0. The van der Waals surface area contributed by atoms with Crippen molar-refractivity contribution in [1.82, 2.24) is 4.98 Å². The quantitative estimate of drug-likeness (QED) is 0.168. The molecule has 0 aliphatic heterocycles. The molecule has 1 N–H and O–H groups in total. The Hall–Kier alpha value is -4.40. The predicted octanol–water partition coefficient (Wildman–Crippen LogP) is 7.90. The van der Waals surface area contributed by atoms with Crippen LogP contribution in [0.25, 0.3) is 16.5 Å². The second kappa shape index (κ2) is 10.3. The molecule has 3 nitrogen and oxygen atoms in total. The van der Waals surface area contributed by atoms with E-state index >= 15 is 0 Å². The molecule has 0 spiro atoms. The Kier molecular flexibility index (Phi) is 7.15. The number of alkyl halides is 6. The fourth-order valence-corrected chi connectivity index (χ4v) is 3.66. The average molecular weight is 512 g/mol. The van der Waals surface area contributed by atoms with Crippen molar-refractivity contribution < 1.29 is 31.1 Å². The average Bonchev–Trinajstić information content (AvgIpc) is 2.86. The largest absolute Gasteiger partial charge is 0.416 e. The molecule has 0 fully saturated rings. The van der Waals surface area contributed by atoms with E-state index in [0.717, 1.165) is 29.7 Å². The molecule has 0 unspecified atom stereocenters. The maximum Gasteiger partial charge on any atom is 0.416 e. The minimum absolute atomic E-state index is 0.331. The van der Waals surface area contributed by atoms with Gasteiger partial charge in [-0.2, -0.15) is 26.3 Å². The smallest absolute Gasteiger partial charge is 0.322 e. The van der Waals surface area contributed by atoms with Gasteiger partial charge in [0.25, 0.3) is 0 Å². The van der Waals surface area contributed by atoms with Crippen LogP contribution in [-0.4, -0.2) is 10.9 Å². The van der Waals surface area contributed by atoms with Gasteiger partial charge in [0.2, 0.25) is 5.91 Å². The van der Waals surface area contributed by atoms with Crippen LogP contribution in [0.15, 0.2) is 103 Å². The number of carbonyl (C=O) groups is 1. The first kappa shape index (κ1) is 25.7. The van der Waals surface area contributed by atoms with E-state index < -0.39 is 29.4 Å². The van der Waals surface area contributed by atoms with E-state index in [4.69, 9.17) is 0 Å².